The largest absolute Gasteiger partial charge is 0.497 e. The number of aryl methyl sites for hydroxylation is 1. The Morgan fingerprint density at radius 2 is 1.61 bits per heavy atom. The number of rotatable bonds is 10. The smallest absolute Gasteiger partial charge is 0.118 e. The van der Waals surface area contributed by atoms with E-state index < -0.39 is 0 Å². The molecule has 3 nitrogen and oxygen atoms in total. The average molecular weight is 250 g/mol. The van der Waals surface area contributed by atoms with Gasteiger partial charge in [-0.25, -0.2) is 0 Å². The Morgan fingerprint density at radius 3 is 2.28 bits per heavy atom. The van der Waals surface area contributed by atoms with E-state index in [1.807, 2.05) is 12.1 Å². The van der Waals surface area contributed by atoms with Crippen LogP contribution in [0.2, 0.25) is 0 Å². The van der Waals surface area contributed by atoms with Crippen molar-refractivity contribution in [1.82, 2.24) is 10.6 Å². The van der Waals surface area contributed by atoms with Gasteiger partial charge in [0.2, 0.25) is 0 Å². The molecule has 0 radical (unpaired) electrons. The highest BCUT2D eigenvalue weighted by Crippen LogP contribution is 2.12. The topological polar surface area (TPSA) is 33.3 Å². The lowest BCUT2D eigenvalue weighted by Crippen LogP contribution is -2.22. The minimum absolute atomic E-state index is 0.931. The summed E-state index contributed by atoms with van der Waals surface area (Å²) in [6.45, 7) is 6.52. The Bertz CT molecular complexity index is 298. The Morgan fingerprint density at radius 1 is 0.944 bits per heavy atom. The Hall–Kier alpha value is -1.06. The zero-order valence-corrected chi connectivity index (χ0v) is 11.7. The molecular formula is C15H26N2O. The van der Waals surface area contributed by atoms with E-state index >= 15 is 0 Å². The summed E-state index contributed by atoms with van der Waals surface area (Å²) in [7, 11) is 1.70. The lowest BCUT2D eigenvalue weighted by molar-refractivity contribution is 0.414. The van der Waals surface area contributed by atoms with Gasteiger partial charge in [0.1, 0.15) is 5.75 Å². The molecule has 0 saturated heterocycles. The van der Waals surface area contributed by atoms with Gasteiger partial charge in [0.05, 0.1) is 7.11 Å². The summed E-state index contributed by atoms with van der Waals surface area (Å²) in [5, 5.41) is 6.80. The molecule has 0 unspecified atom stereocenters. The zero-order valence-electron chi connectivity index (χ0n) is 11.7. The fourth-order valence-electron chi connectivity index (χ4n) is 1.85. The van der Waals surface area contributed by atoms with E-state index in [0.29, 0.717) is 0 Å². The predicted octanol–water partition coefficient (Wildman–Crippen LogP) is 2.22. The van der Waals surface area contributed by atoms with Crippen LogP contribution in [-0.4, -0.2) is 33.3 Å². The first kappa shape index (κ1) is 15.0. The molecule has 1 rings (SSSR count). The van der Waals surface area contributed by atoms with Gasteiger partial charge in [0.15, 0.2) is 0 Å². The molecule has 0 fully saturated rings. The number of ether oxygens (including phenoxy) is 1. The van der Waals surface area contributed by atoms with E-state index in [1.165, 1.54) is 18.4 Å². The summed E-state index contributed by atoms with van der Waals surface area (Å²) in [6, 6.07) is 8.34. The molecule has 0 spiro atoms. The average Bonchev–Trinajstić information content (AvgIpc) is 2.42. The maximum Gasteiger partial charge on any atom is 0.118 e. The molecule has 0 saturated carbocycles. The summed E-state index contributed by atoms with van der Waals surface area (Å²) >= 11 is 0. The van der Waals surface area contributed by atoms with Gasteiger partial charge < -0.3 is 15.4 Å². The second kappa shape index (κ2) is 9.92. The van der Waals surface area contributed by atoms with Crippen LogP contribution in [-0.2, 0) is 6.42 Å². The van der Waals surface area contributed by atoms with Crippen molar-refractivity contribution in [2.75, 3.05) is 33.3 Å². The van der Waals surface area contributed by atoms with Gasteiger partial charge in [-0.3, -0.25) is 0 Å². The van der Waals surface area contributed by atoms with Gasteiger partial charge >= 0.3 is 0 Å². The zero-order chi connectivity index (χ0) is 13.1. The van der Waals surface area contributed by atoms with Crippen LogP contribution in [0.25, 0.3) is 0 Å². The van der Waals surface area contributed by atoms with E-state index in [-0.39, 0.29) is 0 Å². The van der Waals surface area contributed by atoms with Gasteiger partial charge in [0, 0.05) is 0 Å². The summed E-state index contributed by atoms with van der Waals surface area (Å²) in [6.07, 6.45) is 3.52. The first-order valence-electron chi connectivity index (χ1n) is 6.91. The SMILES string of the molecule is CCNCCCNCCCc1ccc(OC)cc1. The van der Waals surface area contributed by atoms with Crippen molar-refractivity contribution in [3.8, 4) is 5.75 Å². The number of benzene rings is 1. The van der Waals surface area contributed by atoms with Crippen LogP contribution in [0.3, 0.4) is 0 Å². The number of hydrogen-bond donors (Lipinski definition) is 2. The molecule has 0 aliphatic heterocycles. The predicted molar refractivity (Wildman–Crippen MR) is 77.3 cm³/mol. The summed E-state index contributed by atoms with van der Waals surface area (Å²) in [5.74, 6) is 0.931. The summed E-state index contributed by atoms with van der Waals surface area (Å²) in [5.41, 5.74) is 1.38. The van der Waals surface area contributed by atoms with Crippen LogP contribution >= 0.6 is 0 Å². The highest BCUT2D eigenvalue weighted by atomic mass is 16.5. The molecular weight excluding hydrogens is 224 g/mol. The lowest BCUT2D eigenvalue weighted by Gasteiger charge is -2.06. The van der Waals surface area contributed by atoms with E-state index in [1.54, 1.807) is 7.11 Å². The van der Waals surface area contributed by atoms with Crippen molar-refractivity contribution in [2.24, 2.45) is 0 Å². The van der Waals surface area contributed by atoms with E-state index in [4.69, 9.17) is 4.74 Å². The Balaban J connectivity index is 2.00. The third-order valence-electron chi connectivity index (χ3n) is 2.94. The molecule has 0 bridgehead atoms. The maximum atomic E-state index is 5.14. The van der Waals surface area contributed by atoms with E-state index in [9.17, 15) is 0 Å². The second-order valence-corrected chi connectivity index (χ2v) is 4.41. The third kappa shape index (κ3) is 6.62. The molecule has 2 N–H and O–H groups in total. The van der Waals surface area contributed by atoms with E-state index in [2.05, 4.69) is 29.7 Å². The first-order valence-corrected chi connectivity index (χ1v) is 6.91. The maximum absolute atomic E-state index is 5.14. The molecule has 0 heterocycles. The van der Waals surface area contributed by atoms with Crippen molar-refractivity contribution in [2.45, 2.75) is 26.2 Å². The van der Waals surface area contributed by atoms with Gasteiger partial charge in [-0.1, -0.05) is 19.1 Å². The van der Waals surface area contributed by atoms with Crippen molar-refractivity contribution in [3.05, 3.63) is 29.8 Å². The molecule has 0 amide bonds. The number of methoxy groups -OCH3 is 1. The van der Waals surface area contributed by atoms with Gasteiger partial charge in [-0.05, 0) is 63.1 Å². The van der Waals surface area contributed by atoms with Crippen LogP contribution < -0.4 is 15.4 Å². The van der Waals surface area contributed by atoms with Crippen LogP contribution in [0.15, 0.2) is 24.3 Å². The quantitative estimate of drug-likeness (QED) is 0.625. The summed E-state index contributed by atoms with van der Waals surface area (Å²) in [4.78, 5) is 0. The molecule has 0 atom stereocenters. The van der Waals surface area contributed by atoms with Gasteiger partial charge in [-0.2, -0.15) is 0 Å². The van der Waals surface area contributed by atoms with Crippen LogP contribution in [0, 0.1) is 0 Å². The van der Waals surface area contributed by atoms with Crippen molar-refractivity contribution in [3.63, 3.8) is 0 Å². The number of hydrogen-bond acceptors (Lipinski definition) is 3. The van der Waals surface area contributed by atoms with Crippen molar-refractivity contribution < 1.29 is 4.74 Å². The summed E-state index contributed by atoms with van der Waals surface area (Å²) < 4.78 is 5.14. The van der Waals surface area contributed by atoms with Crippen LogP contribution in [0.4, 0.5) is 0 Å². The third-order valence-corrected chi connectivity index (χ3v) is 2.94. The molecule has 0 aliphatic rings. The monoisotopic (exact) mass is 250 g/mol. The normalized spacial score (nSPS) is 10.6. The molecule has 1 aromatic rings. The first-order chi connectivity index (χ1) is 8.86. The van der Waals surface area contributed by atoms with Gasteiger partial charge in [0.25, 0.3) is 0 Å². The van der Waals surface area contributed by atoms with E-state index in [0.717, 1.165) is 38.3 Å². The van der Waals surface area contributed by atoms with Crippen LogP contribution in [0.1, 0.15) is 25.3 Å². The minimum Gasteiger partial charge on any atom is -0.497 e. The standard InChI is InChI=1S/C15H26N2O/c1-3-16-12-5-13-17-11-4-6-14-7-9-15(18-2)10-8-14/h7-10,16-17H,3-6,11-13H2,1-2H3. The van der Waals surface area contributed by atoms with Crippen molar-refractivity contribution in [1.29, 1.82) is 0 Å². The van der Waals surface area contributed by atoms with Crippen molar-refractivity contribution >= 4 is 0 Å². The molecule has 0 aromatic heterocycles. The Labute approximate surface area is 111 Å². The fraction of sp³-hybridized carbons (Fsp3) is 0.600. The molecule has 18 heavy (non-hydrogen) atoms. The number of nitrogens with one attached hydrogen (secondary N) is 2. The molecule has 1 aromatic carbocycles. The lowest BCUT2D eigenvalue weighted by atomic mass is 10.1. The highest BCUT2D eigenvalue weighted by Gasteiger charge is 1.95. The second-order valence-electron chi connectivity index (χ2n) is 4.41. The minimum atomic E-state index is 0.931. The molecule has 0 aliphatic carbocycles. The highest BCUT2D eigenvalue weighted by molar-refractivity contribution is 5.27. The molecule has 3 heteroatoms. The fourth-order valence-corrected chi connectivity index (χ4v) is 1.85. The molecule has 102 valence electrons. The van der Waals surface area contributed by atoms with Gasteiger partial charge in [-0.15, -0.1) is 0 Å². The van der Waals surface area contributed by atoms with Crippen LogP contribution in [0.5, 0.6) is 5.75 Å². The Kier molecular flexibility index (Phi) is 8.26.